The zero-order valence-electron chi connectivity index (χ0n) is 17.1. The summed E-state index contributed by atoms with van der Waals surface area (Å²) in [6.07, 6.45) is 4.32. The summed E-state index contributed by atoms with van der Waals surface area (Å²) in [4.78, 5) is 24.6. The van der Waals surface area contributed by atoms with E-state index < -0.39 is 11.8 Å². The van der Waals surface area contributed by atoms with Crippen molar-refractivity contribution in [2.24, 2.45) is 0 Å². The Hall–Kier alpha value is -2.06. The zero-order chi connectivity index (χ0) is 21.9. The second kappa shape index (κ2) is 12.6. The molecule has 2 amide bonds. The van der Waals surface area contributed by atoms with E-state index >= 15 is 0 Å². The van der Waals surface area contributed by atoms with Gasteiger partial charge in [-0.25, -0.2) is 0 Å². The highest BCUT2D eigenvalue weighted by atomic mass is 79.9. The third-order valence-electron chi connectivity index (χ3n) is 4.20. The van der Waals surface area contributed by atoms with Gasteiger partial charge in [0.2, 0.25) is 0 Å². The van der Waals surface area contributed by atoms with Crippen LogP contribution in [0.3, 0.4) is 0 Å². The average Bonchev–Trinajstić information content (AvgIpc) is 2.72. The summed E-state index contributed by atoms with van der Waals surface area (Å²) in [6.45, 7) is 4.41. The number of hydrogen-bond donors (Lipinski definition) is 2. The van der Waals surface area contributed by atoms with Gasteiger partial charge in [-0.1, -0.05) is 48.2 Å². The number of carbonyl (C=O) groups is 2. The standard InChI is InChI=1S/C22H26Br2N2O4/c1-3-4-5-6-11-29-19-10-8-16(23)13-17(19)22(28)26-25-21(27)14-30-20-9-7-15(2)12-18(20)24/h7-10,12-13H,3-6,11,14H2,1-2H3,(H,25,27)(H,26,28). The molecular formula is C22H26Br2N2O4. The highest BCUT2D eigenvalue weighted by Crippen LogP contribution is 2.26. The summed E-state index contributed by atoms with van der Waals surface area (Å²) >= 11 is 6.76. The number of unbranched alkanes of at least 4 members (excludes halogenated alkanes) is 3. The monoisotopic (exact) mass is 540 g/mol. The number of ether oxygens (including phenoxy) is 2. The van der Waals surface area contributed by atoms with Crippen molar-refractivity contribution in [1.82, 2.24) is 10.9 Å². The molecule has 0 unspecified atom stereocenters. The lowest BCUT2D eigenvalue weighted by Crippen LogP contribution is -2.44. The molecule has 0 aromatic heterocycles. The third-order valence-corrected chi connectivity index (χ3v) is 5.32. The van der Waals surface area contributed by atoms with Crippen molar-refractivity contribution < 1.29 is 19.1 Å². The van der Waals surface area contributed by atoms with Gasteiger partial charge in [-0.05, 0) is 65.2 Å². The van der Waals surface area contributed by atoms with Crippen molar-refractivity contribution in [3.05, 3.63) is 56.5 Å². The van der Waals surface area contributed by atoms with Crippen LogP contribution in [0.25, 0.3) is 0 Å². The Balaban J connectivity index is 1.87. The first-order chi connectivity index (χ1) is 14.4. The van der Waals surface area contributed by atoms with Gasteiger partial charge in [0, 0.05) is 4.47 Å². The molecule has 0 saturated carbocycles. The Labute approximate surface area is 193 Å². The van der Waals surface area contributed by atoms with Crippen LogP contribution in [-0.2, 0) is 4.79 Å². The lowest BCUT2D eigenvalue weighted by molar-refractivity contribution is -0.123. The fraction of sp³-hybridized carbons (Fsp3) is 0.364. The number of hydrogen-bond acceptors (Lipinski definition) is 4. The molecule has 162 valence electrons. The Kier molecular flexibility index (Phi) is 10.2. The molecule has 0 saturated heterocycles. The van der Waals surface area contributed by atoms with E-state index in [4.69, 9.17) is 9.47 Å². The SMILES string of the molecule is CCCCCCOc1ccc(Br)cc1C(=O)NNC(=O)COc1ccc(C)cc1Br. The van der Waals surface area contributed by atoms with Crippen molar-refractivity contribution in [2.75, 3.05) is 13.2 Å². The summed E-state index contributed by atoms with van der Waals surface area (Å²) in [5, 5.41) is 0. The molecule has 2 N–H and O–H groups in total. The van der Waals surface area contributed by atoms with E-state index in [1.165, 1.54) is 0 Å². The number of amides is 2. The second-order valence-corrected chi connectivity index (χ2v) is 8.54. The lowest BCUT2D eigenvalue weighted by atomic mass is 10.2. The van der Waals surface area contributed by atoms with E-state index in [0.29, 0.717) is 23.7 Å². The molecule has 8 heteroatoms. The van der Waals surface area contributed by atoms with Crippen LogP contribution in [-0.4, -0.2) is 25.0 Å². The molecule has 0 aliphatic heterocycles. The van der Waals surface area contributed by atoms with Gasteiger partial charge in [0.25, 0.3) is 11.8 Å². The molecule has 30 heavy (non-hydrogen) atoms. The summed E-state index contributed by atoms with van der Waals surface area (Å²) in [5.41, 5.74) is 6.18. The predicted molar refractivity (Wildman–Crippen MR) is 124 cm³/mol. The summed E-state index contributed by atoms with van der Waals surface area (Å²) < 4.78 is 12.7. The first-order valence-electron chi connectivity index (χ1n) is 9.81. The molecule has 2 rings (SSSR count). The molecule has 0 bridgehead atoms. The van der Waals surface area contributed by atoms with Crippen LogP contribution in [0.4, 0.5) is 0 Å². The number of halogens is 2. The summed E-state index contributed by atoms with van der Waals surface area (Å²) in [6, 6.07) is 10.8. The Bertz CT molecular complexity index is 874. The second-order valence-electron chi connectivity index (χ2n) is 6.77. The van der Waals surface area contributed by atoms with E-state index in [1.807, 2.05) is 25.1 Å². The highest BCUT2D eigenvalue weighted by molar-refractivity contribution is 9.10. The number of aryl methyl sites for hydroxylation is 1. The molecule has 2 aromatic carbocycles. The molecule has 0 radical (unpaired) electrons. The topological polar surface area (TPSA) is 76.7 Å². The number of benzene rings is 2. The number of nitrogens with one attached hydrogen (secondary N) is 2. The third kappa shape index (κ3) is 7.99. The lowest BCUT2D eigenvalue weighted by Gasteiger charge is -2.13. The van der Waals surface area contributed by atoms with Crippen LogP contribution in [0.15, 0.2) is 45.3 Å². The van der Waals surface area contributed by atoms with Crippen LogP contribution in [0.1, 0.15) is 48.5 Å². The summed E-state index contributed by atoms with van der Waals surface area (Å²) in [7, 11) is 0. The van der Waals surface area contributed by atoms with Gasteiger partial charge in [0.05, 0.1) is 16.6 Å². The van der Waals surface area contributed by atoms with Gasteiger partial charge < -0.3 is 9.47 Å². The maximum atomic E-state index is 12.5. The van der Waals surface area contributed by atoms with Crippen LogP contribution < -0.4 is 20.3 Å². The Morgan fingerprint density at radius 2 is 1.70 bits per heavy atom. The molecule has 0 aliphatic carbocycles. The number of rotatable bonds is 10. The van der Waals surface area contributed by atoms with Gasteiger partial charge in [-0.3, -0.25) is 20.4 Å². The first kappa shape index (κ1) is 24.2. The minimum atomic E-state index is -0.479. The minimum absolute atomic E-state index is 0.235. The fourth-order valence-corrected chi connectivity index (χ4v) is 3.58. The normalized spacial score (nSPS) is 10.4. The van der Waals surface area contributed by atoms with Gasteiger partial charge >= 0.3 is 0 Å². The molecule has 0 aliphatic rings. The largest absolute Gasteiger partial charge is 0.493 e. The Morgan fingerprint density at radius 3 is 2.43 bits per heavy atom. The molecular weight excluding hydrogens is 516 g/mol. The van der Waals surface area contributed by atoms with Crippen molar-refractivity contribution in [3.8, 4) is 11.5 Å². The zero-order valence-corrected chi connectivity index (χ0v) is 20.3. The van der Waals surface area contributed by atoms with Crippen molar-refractivity contribution in [3.63, 3.8) is 0 Å². The fourth-order valence-electron chi connectivity index (χ4n) is 2.61. The van der Waals surface area contributed by atoms with Gasteiger partial charge in [-0.2, -0.15) is 0 Å². The molecule has 6 nitrogen and oxygen atoms in total. The van der Waals surface area contributed by atoms with E-state index in [2.05, 4.69) is 49.6 Å². The molecule has 0 atom stereocenters. The van der Waals surface area contributed by atoms with E-state index in [1.54, 1.807) is 18.2 Å². The van der Waals surface area contributed by atoms with E-state index in [-0.39, 0.29) is 6.61 Å². The van der Waals surface area contributed by atoms with Crippen molar-refractivity contribution in [1.29, 1.82) is 0 Å². The van der Waals surface area contributed by atoms with Gasteiger partial charge in [-0.15, -0.1) is 0 Å². The number of carbonyl (C=O) groups excluding carboxylic acids is 2. The first-order valence-corrected chi connectivity index (χ1v) is 11.4. The van der Waals surface area contributed by atoms with E-state index in [9.17, 15) is 9.59 Å². The highest BCUT2D eigenvalue weighted by Gasteiger charge is 2.15. The predicted octanol–water partition coefficient (Wildman–Crippen LogP) is 5.32. The smallest absolute Gasteiger partial charge is 0.276 e. The van der Waals surface area contributed by atoms with Crippen LogP contribution in [0.2, 0.25) is 0 Å². The maximum absolute atomic E-state index is 12.5. The van der Waals surface area contributed by atoms with Crippen molar-refractivity contribution in [2.45, 2.75) is 39.5 Å². The molecule has 0 heterocycles. The van der Waals surface area contributed by atoms with Crippen LogP contribution in [0, 0.1) is 6.92 Å². The molecule has 0 spiro atoms. The quantitative estimate of drug-likeness (QED) is 0.315. The summed E-state index contributed by atoms with van der Waals surface area (Å²) in [5.74, 6) is 0.0756. The maximum Gasteiger partial charge on any atom is 0.276 e. The minimum Gasteiger partial charge on any atom is -0.493 e. The number of hydrazine groups is 1. The Morgan fingerprint density at radius 1 is 0.933 bits per heavy atom. The molecule has 2 aromatic rings. The van der Waals surface area contributed by atoms with Crippen LogP contribution >= 0.6 is 31.9 Å². The van der Waals surface area contributed by atoms with E-state index in [0.717, 1.165) is 40.2 Å². The van der Waals surface area contributed by atoms with Crippen molar-refractivity contribution >= 4 is 43.7 Å². The van der Waals surface area contributed by atoms with Gasteiger partial charge in [0.15, 0.2) is 6.61 Å². The van der Waals surface area contributed by atoms with Gasteiger partial charge in [0.1, 0.15) is 11.5 Å². The average molecular weight is 542 g/mol. The molecule has 0 fully saturated rings. The van der Waals surface area contributed by atoms with Crippen LogP contribution in [0.5, 0.6) is 11.5 Å².